The maximum atomic E-state index is 2.90. The fraction of sp³-hybridized carbons (Fsp3) is 0.939. The van der Waals surface area contributed by atoms with Crippen molar-refractivity contribution in [3.8, 4) is 0 Å². The molecule has 34 heavy (non-hydrogen) atoms. The standard InChI is InChI=1S/C33H57N/c1-23(2)24(3)10-11-25(4)29-14-15-30-28-13-12-26-22-27(34-20-8-7-9-21-34)16-18-32(26,5)31(28)17-19-33(29,30)6/h23-27,29,31H,7-22H2,1-6H3/t24-,25+,26-,27+,29+,31-,32-,33+/m0/s1. The summed E-state index contributed by atoms with van der Waals surface area (Å²) in [6.07, 6.45) is 20.6. The third-order valence-corrected chi connectivity index (χ3v) is 12.8. The Morgan fingerprint density at radius 3 is 2.35 bits per heavy atom. The number of nitrogens with zero attached hydrogens (tertiary/aromatic N) is 1. The highest BCUT2D eigenvalue weighted by molar-refractivity contribution is 5.34. The van der Waals surface area contributed by atoms with E-state index in [1.165, 1.54) is 103 Å². The Balaban J connectivity index is 1.29. The van der Waals surface area contributed by atoms with Crippen LogP contribution < -0.4 is 0 Å². The van der Waals surface area contributed by atoms with Gasteiger partial charge in [0, 0.05) is 6.04 Å². The first-order valence-corrected chi connectivity index (χ1v) is 15.7. The molecule has 4 fully saturated rings. The van der Waals surface area contributed by atoms with E-state index in [1.54, 1.807) is 0 Å². The Morgan fingerprint density at radius 2 is 1.62 bits per heavy atom. The molecule has 8 atom stereocenters. The quantitative estimate of drug-likeness (QED) is 0.352. The van der Waals surface area contributed by atoms with Crippen LogP contribution in [0.15, 0.2) is 11.1 Å². The molecular weight excluding hydrogens is 410 g/mol. The second-order valence-corrected chi connectivity index (χ2v) is 14.7. The van der Waals surface area contributed by atoms with E-state index >= 15 is 0 Å². The Morgan fingerprint density at radius 1 is 0.853 bits per heavy atom. The van der Waals surface area contributed by atoms with E-state index in [9.17, 15) is 0 Å². The van der Waals surface area contributed by atoms with Gasteiger partial charge in [0.25, 0.3) is 0 Å². The topological polar surface area (TPSA) is 3.24 Å². The zero-order chi connectivity index (χ0) is 24.1. The van der Waals surface area contributed by atoms with Crippen LogP contribution >= 0.6 is 0 Å². The second kappa shape index (κ2) is 9.87. The number of allylic oxidation sites excluding steroid dienone is 2. The minimum Gasteiger partial charge on any atom is -0.300 e. The molecule has 0 bridgehead atoms. The van der Waals surface area contributed by atoms with E-state index in [0.717, 1.165) is 41.5 Å². The lowest BCUT2D eigenvalue weighted by atomic mass is 9.48. The predicted molar refractivity (Wildman–Crippen MR) is 147 cm³/mol. The van der Waals surface area contributed by atoms with Gasteiger partial charge < -0.3 is 4.90 Å². The van der Waals surface area contributed by atoms with Gasteiger partial charge in [0.1, 0.15) is 0 Å². The average Bonchev–Trinajstić information content (AvgIpc) is 3.19. The zero-order valence-corrected chi connectivity index (χ0v) is 23.8. The van der Waals surface area contributed by atoms with Crippen LogP contribution in [0.3, 0.4) is 0 Å². The molecule has 0 radical (unpaired) electrons. The summed E-state index contributed by atoms with van der Waals surface area (Å²) in [4.78, 5) is 2.90. The molecule has 0 amide bonds. The van der Waals surface area contributed by atoms with E-state index < -0.39 is 0 Å². The third kappa shape index (κ3) is 4.37. The van der Waals surface area contributed by atoms with Gasteiger partial charge in [-0.2, -0.15) is 0 Å². The fourth-order valence-electron chi connectivity index (χ4n) is 10.1. The molecule has 5 rings (SSSR count). The summed E-state index contributed by atoms with van der Waals surface area (Å²) in [5, 5.41) is 0. The van der Waals surface area contributed by atoms with Crippen LogP contribution in [0.25, 0.3) is 0 Å². The summed E-state index contributed by atoms with van der Waals surface area (Å²) in [5.41, 5.74) is 5.13. The van der Waals surface area contributed by atoms with Gasteiger partial charge in [0.2, 0.25) is 0 Å². The summed E-state index contributed by atoms with van der Waals surface area (Å²) in [6.45, 7) is 18.2. The Bertz CT molecular complexity index is 744. The van der Waals surface area contributed by atoms with Gasteiger partial charge in [-0.15, -0.1) is 0 Å². The van der Waals surface area contributed by atoms with Crippen molar-refractivity contribution in [2.24, 2.45) is 46.3 Å². The molecule has 1 aliphatic heterocycles. The number of fused-ring (bicyclic) bond motifs is 4. The Hall–Kier alpha value is -0.300. The van der Waals surface area contributed by atoms with E-state index in [-0.39, 0.29) is 0 Å². The smallest absolute Gasteiger partial charge is 0.00983 e. The number of hydrogen-bond acceptors (Lipinski definition) is 1. The van der Waals surface area contributed by atoms with Crippen molar-refractivity contribution in [1.82, 2.24) is 4.90 Å². The molecule has 0 aromatic carbocycles. The Kier molecular flexibility index (Phi) is 7.36. The molecule has 0 aromatic heterocycles. The largest absolute Gasteiger partial charge is 0.300 e. The molecule has 194 valence electrons. The van der Waals surface area contributed by atoms with Crippen LogP contribution in [0.4, 0.5) is 0 Å². The highest BCUT2D eigenvalue weighted by Gasteiger charge is 2.56. The molecule has 1 saturated heterocycles. The normalized spacial score (nSPS) is 42.8. The fourth-order valence-corrected chi connectivity index (χ4v) is 10.1. The first-order chi connectivity index (χ1) is 16.2. The highest BCUT2D eigenvalue weighted by Crippen LogP contribution is 2.66. The lowest BCUT2D eigenvalue weighted by Gasteiger charge is -2.58. The summed E-state index contributed by atoms with van der Waals surface area (Å²) in [5.74, 6) is 5.46. The van der Waals surface area contributed by atoms with Gasteiger partial charge in [0.05, 0.1) is 0 Å². The molecule has 0 N–H and O–H groups in total. The van der Waals surface area contributed by atoms with Crippen LogP contribution in [0, 0.1) is 46.3 Å². The summed E-state index contributed by atoms with van der Waals surface area (Å²) < 4.78 is 0. The van der Waals surface area contributed by atoms with E-state index in [0.29, 0.717) is 10.8 Å². The van der Waals surface area contributed by atoms with Crippen LogP contribution in [-0.4, -0.2) is 24.0 Å². The van der Waals surface area contributed by atoms with Crippen molar-refractivity contribution in [3.05, 3.63) is 11.1 Å². The molecule has 1 nitrogen and oxygen atoms in total. The van der Waals surface area contributed by atoms with Gasteiger partial charge in [-0.25, -0.2) is 0 Å². The number of likely N-dealkylation sites (tertiary alicyclic amines) is 1. The van der Waals surface area contributed by atoms with E-state index in [1.807, 2.05) is 11.1 Å². The lowest BCUT2D eigenvalue weighted by molar-refractivity contribution is -0.0272. The predicted octanol–water partition coefficient (Wildman–Crippen LogP) is 9.27. The summed E-state index contributed by atoms with van der Waals surface area (Å²) in [6, 6.07) is 0.909. The van der Waals surface area contributed by atoms with Crippen molar-refractivity contribution in [1.29, 1.82) is 0 Å². The molecule has 0 spiro atoms. The molecule has 5 aliphatic rings. The molecule has 0 aromatic rings. The van der Waals surface area contributed by atoms with Crippen LogP contribution in [0.1, 0.15) is 131 Å². The maximum absolute atomic E-state index is 2.90. The minimum absolute atomic E-state index is 0.528. The SMILES string of the molecule is CC(C)[C@@H](C)CC[C@@H](C)[C@H]1CCC2=C3CC[C@H]4C[C@H](N5CCCCC5)CC[C@]4(C)[C@H]3CC[C@@]21C. The lowest BCUT2D eigenvalue weighted by Crippen LogP contribution is -2.52. The maximum Gasteiger partial charge on any atom is 0.00983 e. The van der Waals surface area contributed by atoms with Crippen LogP contribution in [-0.2, 0) is 0 Å². The van der Waals surface area contributed by atoms with Crippen molar-refractivity contribution >= 4 is 0 Å². The van der Waals surface area contributed by atoms with Crippen molar-refractivity contribution < 1.29 is 0 Å². The number of rotatable bonds is 6. The van der Waals surface area contributed by atoms with Crippen molar-refractivity contribution in [2.75, 3.05) is 13.1 Å². The van der Waals surface area contributed by atoms with Crippen molar-refractivity contribution in [2.45, 2.75) is 137 Å². The monoisotopic (exact) mass is 467 g/mol. The van der Waals surface area contributed by atoms with Gasteiger partial charge >= 0.3 is 0 Å². The summed E-state index contributed by atoms with van der Waals surface area (Å²) in [7, 11) is 0. The highest BCUT2D eigenvalue weighted by atomic mass is 15.2. The molecule has 3 saturated carbocycles. The van der Waals surface area contributed by atoms with Crippen LogP contribution in [0.5, 0.6) is 0 Å². The molecule has 1 heteroatoms. The van der Waals surface area contributed by atoms with Crippen molar-refractivity contribution in [3.63, 3.8) is 0 Å². The van der Waals surface area contributed by atoms with Gasteiger partial charge in [-0.3, -0.25) is 0 Å². The molecule has 1 heterocycles. The average molecular weight is 468 g/mol. The molecular formula is C33H57N. The van der Waals surface area contributed by atoms with E-state index in [4.69, 9.17) is 0 Å². The first-order valence-electron chi connectivity index (χ1n) is 15.7. The Labute approximate surface area is 212 Å². The second-order valence-electron chi connectivity index (χ2n) is 14.7. The van der Waals surface area contributed by atoms with Gasteiger partial charge in [-0.1, -0.05) is 72.0 Å². The van der Waals surface area contributed by atoms with Gasteiger partial charge in [0.15, 0.2) is 0 Å². The molecule has 0 unspecified atom stereocenters. The molecule has 4 aliphatic carbocycles. The van der Waals surface area contributed by atoms with Gasteiger partial charge in [-0.05, 0) is 130 Å². The van der Waals surface area contributed by atoms with Crippen LogP contribution in [0.2, 0.25) is 0 Å². The van der Waals surface area contributed by atoms with E-state index in [2.05, 4.69) is 46.4 Å². The summed E-state index contributed by atoms with van der Waals surface area (Å²) >= 11 is 0. The zero-order valence-electron chi connectivity index (χ0n) is 23.8. The first kappa shape index (κ1) is 25.4. The minimum atomic E-state index is 0.528. The number of hydrogen-bond donors (Lipinski definition) is 0. The number of piperidine rings is 1. The third-order valence-electron chi connectivity index (χ3n) is 12.8.